The highest BCUT2D eigenvalue weighted by Crippen LogP contribution is 2.35. The van der Waals surface area contributed by atoms with Crippen molar-refractivity contribution < 1.29 is 14.3 Å². The molecule has 2 fully saturated rings. The van der Waals surface area contributed by atoms with E-state index in [0.717, 1.165) is 25.7 Å². The molecule has 136 valence electrons. The zero-order valence-electron chi connectivity index (χ0n) is 14.5. The number of methoxy groups -OCH3 is 1. The van der Waals surface area contributed by atoms with E-state index in [9.17, 15) is 9.59 Å². The molecule has 1 saturated carbocycles. The van der Waals surface area contributed by atoms with Crippen LogP contribution in [0.15, 0.2) is 24.3 Å². The first-order valence-electron chi connectivity index (χ1n) is 8.94. The van der Waals surface area contributed by atoms with Gasteiger partial charge in [0.15, 0.2) is 0 Å². The molecule has 2 N–H and O–H groups in total. The number of hydrogen-bond acceptors (Lipinski definition) is 3. The molecular formula is C19H25ClN2O3. The van der Waals surface area contributed by atoms with Crippen LogP contribution in [0.1, 0.15) is 42.5 Å². The molecule has 5 nitrogen and oxygen atoms in total. The number of hydrogen-bond donors (Lipinski definition) is 2. The fourth-order valence-electron chi connectivity index (χ4n) is 3.99. The average molecular weight is 365 g/mol. The molecule has 1 saturated heterocycles. The summed E-state index contributed by atoms with van der Waals surface area (Å²) in [7, 11) is 1.74. The second-order valence-electron chi connectivity index (χ2n) is 7.00. The van der Waals surface area contributed by atoms with Crippen LogP contribution in [0.4, 0.5) is 0 Å². The van der Waals surface area contributed by atoms with Crippen molar-refractivity contribution in [1.82, 2.24) is 10.6 Å². The van der Waals surface area contributed by atoms with Crippen LogP contribution in [0.3, 0.4) is 0 Å². The van der Waals surface area contributed by atoms with Crippen molar-refractivity contribution in [1.29, 1.82) is 0 Å². The standard InChI is InChI=1S/C19H25ClN2O3/c1-25-14-7-6-12-10-13(18(23)22-17(12)11-14)8-9-21-19(24)15-4-2-3-5-16(15)20/h2-5,12-14,17H,6-11H2,1H3,(H,21,24)(H,22,23). The minimum Gasteiger partial charge on any atom is -0.381 e. The molecule has 2 aliphatic rings. The van der Waals surface area contributed by atoms with Gasteiger partial charge in [0, 0.05) is 25.6 Å². The molecule has 0 aromatic heterocycles. The highest BCUT2D eigenvalue weighted by molar-refractivity contribution is 6.33. The topological polar surface area (TPSA) is 67.4 Å². The van der Waals surface area contributed by atoms with E-state index in [1.54, 1.807) is 31.4 Å². The van der Waals surface area contributed by atoms with Gasteiger partial charge in [0.05, 0.1) is 16.7 Å². The number of piperidine rings is 1. The van der Waals surface area contributed by atoms with Gasteiger partial charge in [-0.15, -0.1) is 0 Å². The average Bonchev–Trinajstić information content (AvgIpc) is 2.62. The van der Waals surface area contributed by atoms with Crippen molar-refractivity contribution in [3.8, 4) is 0 Å². The Morgan fingerprint density at radius 2 is 2.12 bits per heavy atom. The molecule has 3 rings (SSSR count). The summed E-state index contributed by atoms with van der Waals surface area (Å²) in [5.41, 5.74) is 0.468. The predicted molar refractivity (Wildman–Crippen MR) is 96.6 cm³/mol. The molecule has 4 unspecified atom stereocenters. The van der Waals surface area contributed by atoms with E-state index in [1.807, 2.05) is 0 Å². The second-order valence-corrected chi connectivity index (χ2v) is 7.41. The van der Waals surface area contributed by atoms with E-state index in [-0.39, 0.29) is 29.9 Å². The number of benzene rings is 1. The molecule has 0 radical (unpaired) electrons. The van der Waals surface area contributed by atoms with E-state index in [4.69, 9.17) is 16.3 Å². The second kappa shape index (κ2) is 8.19. The van der Waals surface area contributed by atoms with E-state index >= 15 is 0 Å². The van der Waals surface area contributed by atoms with Gasteiger partial charge in [-0.05, 0) is 50.2 Å². The monoisotopic (exact) mass is 364 g/mol. The Morgan fingerprint density at radius 3 is 2.88 bits per heavy atom. The van der Waals surface area contributed by atoms with Crippen LogP contribution in [-0.2, 0) is 9.53 Å². The number of ether oxygens (including phenoxy) is 1. The first-order chi connectivity index (χ1) is 12.1. The maximum absolute atomic E-state index is 12.4. The maximum atomic E-state index is 12.4. The fraction of sp³-hybridized carbons (Fsp3) is 0.579. The van der Waals surface area contributed by atoms with Crippen molar-refractivity contribution in [3.05, 3.63) is 34.9 Å². The summed E-state index contributed by atoms with van der Waals surface area (Å²) in [5, 5.41) is 6.47. The van der Waals surface area contributed by atoms with E-state index in [1.165, 1.54) is 0 Å². The Bertz CT molecular complexity index is 637. The number of halogens is 1. The van der Waals surface area contributed by atoms with Crippen molar-refractivity contribution in [2.24, 2.45) is 11.8 Å². The van der Waals surface area contributed by atoms with Crippen molar-refractivity contribution in [2.45, 2.75) is 44.2 Å². The quantitative estimate of drug-likeness (QED) is 0.844. The van der Waals surface area contributed by atoms with E-state index in [0.29, 0.717) is 29.5 Å². The normalized spacial score (nSPS) is 28.8. The molecule has 0 spiro atoms. The Balaban J connectivity index is 1.48. The number of amides is 2. The molecule has 1 aromatic carbocycles. The van der Waals surface area contributed by atoms with Gasteiger partial charge in [-0.3, -0.25) is 9.59 Å². The summed E-state index contributed by atoms with van der Waals surface area (Å²) in [6.07, 6.45) is 4.86. The molecule has 25 heavy (non-hydrogen) atoms. The molecule has 6 heteroatoms. The summed E-state index contributed by atoms with van der Waals surface area (Å²) < 4.78 is 5.44. The lowest BCUT2D eigenvalue weighted by atomic mass is 9.74. The number of fused-ring (bicyclic) bond motifs is 1. The molecule has 1 heterocycles. The minimum atomic E-state index is -0.194. The first-order valence-corrected chi connectivity index (χ1v) is 9.32. The van der Waals surface area contributed by atoms with Crippen LogP contribution in [0.5, 0.6) is 0 Å². The van der Waals surface area contributed by atoms with Gasteiger partial charge in [0.2, 0.25) is 5.91 Å². The van der Waals surface area contributed by atoms with Crippen LogP contribution in [0.2, 0.25) is 5.02 Å². The molecular weight excluding hydrogens is 340 g/mol. The molecule has 1 aliphatic heterocycles. The van der Waals surface area contributed by atoms with Crippen LogP contribution < -0.4 is 10.6 Å². The van der Waals surface area contributed by atoms with Crippen LogP contribution in [0.25, 0.3) is 0 Å². The fourth-order valence-corrected chi connectivity index (χ4v) is 4.21. The lowest BCUT2D eigenvalue weighted by Crippen LogP contribution is -2.53. The Morgan fingerprint density at radius 1 is 1.32 bits per heavy atom. The third kappa shape index (κ3) is 4.33. The molecule has 0 bridgehead atoms. The van der Waals surface area contributed by atoms with Crippen LogP contribution in [-0.4, -0.2) is 37.6 Å². The Labute approximate surface area is 153 Å². The Kier molecular flexibility index (Phi) is 5.97. The largest absolute Gasteiger partial charge is 0.381 e. The number of rotatable bonds is 5. The summed E-state index contributed by atoms with van der Waals surface area (Å²) >= 11 is 6.03. The molecule has 1 aliphatic carbocycles. The van der Waals surface area contributed by atoms with Crippen LogP contribution >= 0.6 is 11.6 Å². The third-order valence-electron chi connectivity index (χ3n) is 5.46. The van der Waals surface area contributed by atoms with Gasteiger partial charge in [-0.25, -0.2) is 0 Å². The van der Waals surface area contributed by atoms with Crippen LogP contribution in [0, 0.1) is 11.8 Å². The summed E-state index contributed by atoms with van der Waals surface area (Å²) in [5.74, 6) is 0.394. The van der Waals surface area contributed by atoms with Gasteiger partial charge in [-0.1, -0.05) is 23.7 Å². The van der Waals surface area contributed by atoms with Crippen molar-refractivity contribution in [3.63, 3.8) is 0 Å². The van der Waals surface area contributed by atoms with Crippen molar-refractivity contribution >= 4 is 23.4 Å². The van der Waals surface area contributed by atoms with Crippen molar-refractivity contribution in [2.75, 3.05) is 13.7 Å². The van der Waals surface area contributed by atoms with Gasteiger partial charge in [-0.2, -0.15) is 0 Å². The van der Waals surface area contributed by atoms with Gasteiger partial charge >= 0.3 is 0 Å². The SMILES string of the molecule is COC1CCC2CC(CCNC(=O)c3ccccc3Cl)C(=O)NC2C1. The minimum absolute atomic E-state index is 0.0353. The smallest absolute Gasteiger partial charge is 0.252 e. The lowest BCUT2D eigenvalue weighted by Gasteiger charge is -2.41. The number of nitrogens with one attached hydrogen (secondary N) is 2. The third-order valence-corrected chi connectivity index (χ3v) is 5.79. The summed E-state index contributed by atoms with van der Waals surface area (Å²) in [6.45, 7) is 0.472. The summed E-state index contributed by atoms with van der Waals surface area (Å²) in [4.78, 5) is 24.5. The number of carbonyl (C=O) groups excluding carboxylic acids is 2. The van der Waals surface area contributed by atoms with Gasteiger partial charge < -0.3 is 15.4 Å². The maximum Gasteiger partial charge on any atom is 0.252 e. The molecule has 2 amide bonds. The zero-order chi connectivity index (χ0) is 17.8. The van der Waals surface area contributed by atoms with E-state index in [2.05, 4.69) is 10.6 Å². The highest BCUT2D eigenvalue weighted by atomic mass is 35.5. The number of carbonyl (C=O) groups is 2. The Hall–Kier alpha value is -1.59. The predicted octanol–water partition coefficient (Wildman–Crippen LogP) is 2.78. The summed E-state index contributed by atoms with van der Waals surface area (Å²) in [6, 6.07) is 7.21. The van der Waals surface area contributed by atoms with E-state index < -0.39 is 0 Å². The van der Waals surface area contributed by atoms with Gasteiger partial charge in [0.1, 0.15) is 0 Å². The molecule has 4 atom stereocenters. The molecule has 1 aromatic rings. The lowest BCUT2D eigenvalue weighted by molar-refractivity contribution is -0.131. The van der Waals surface area contributed by atoms with Gasteiger partial charge in [0.25, 0.3) is 5.91 Å². The first kappa shape index (κ1) is 18.2. The highest BCUT2D eigenvalue weighted by Gasteiger charge is 2.39. The zero-order valence-corrected chi connectivity index (χ0v) is 15.2.